The van der Waals surface area contributed by atoms with Gasteiger partial charge in [0.15, 0.2) is 0 Å². The van der Waals surface area contributed by atoms with Crippen LogP contribution in [0.5, 0.6) is 0 Å². The first-order valence-corrected chi connectivity index (χ1v) is 2.88. The molecule has 1 heterocycles. The maximum Gasteiger partial charge on any atom is 0.228 e. The summed E-state index contributed by atoms with van der Waals surface area (Å²) in [6, 6.07) is 0. The van der Waals surface area contributed by atoms with E-state index in [2.05, 4.69) is 22.4 Å². The maximum atomic E-state index is 5.10. The molecular formula is C4H9NO2S. The number of ether oxygens (including phenoxy) is 1. The molecule has 2 atom stereocenters. The third-order valence-electron chi connectivity index (χ3n) is 1.02. The second-order valence-electron chi connectivity index (χ2n) is 1.79. The van der Waals surface area contributed by atoms with Gasteiger partial charge in [0.25, 0.3) is 0 Å². The largest absolute Gasteiger partial charge is 0.335 e. The minimum Gasteiger partial charge on any atom is -0.335 e. The van der Waals surface area contributed by atoms with Crippen molar-refractivity contribution in [1.29, 1.82) is 0 Å². The molecule has 1 fully saturated rings. The summed E-state index contributed by atoms with van der Waals surface area (Å²) >= 11 is 3.57. The predicted molar refractivity (Wildman–Crippen MR) is 32.4 cm³/mol. The van der Waals surface area contributed by atoms with Gasteiger partial charge in [-0.1, -0.05) is 0 Å². The van der Waals surface area contributed by atoms with Crippen molar-refractivity contribution in [3.05, 3.63) is 0 Å². The van der Waals surface area contributed by atoms with Crippen LogP contribution in [0.4, 0.5) is 0 Å². The topological polar surface area (TPSA) is 30.5 Å². The van der Waals surface area contributed by atoms with Crippen LogP contribution in [0, 0.1) is 0 Å². The Hall–Kier alpha value is 0.230. The zero-order valence-electron chi connectivity index (χ0n) is 4.63. The first kappa shape index (κ1) is 6.35. The van der Waals surface area contributed by atoms with Crippen LogP contribution in [0.1, 0.15) is 6.92 Å². The van der Waals surface area contributed by atoms with Gasteiger partial charge in [0.1, 0.15) is 0 Å². The SMILES string of the molecule is CC1CNC(OS)O1. The Bertz CT molecular complexity index is 80.4. The van der Waals surface area contributed by atoms with E-state index in [1.807, 2.05) is 6.92 Å². The number of nitrogens with one attached hydrogen (secondary N) is 1. The lowest BCUT2D eigenvalue weighted by Crippen LogP contribution is -2.22. The van der Waals surface area contributed by atoms with Crippen molar-refractivity contribution in [2.45, 2.75) is 19.4 Å². The molecule has 1 rings (SSSR count). The summed E-state index contributed by atoms with van der Waals surface area (Å²) in [5.74, 6) is 0. The van der Waals surface area contributed by atoms with E-state index in [0.29, 0.717) is 0 Å². The number of thiol groups is 1. The summed E-state index contributed by atoms with van der Waals surface area (Å²) in [6.07, 6.45) is -0.0690. The van der Waals surface area contributed by atoms with Crippen LogP contribution in [0.25, 0.3) is 0 Å². The van der Waals surface area contributed by atoms with Crippen LogP contribution in [-0.4, -0.2) is 19.1 Å². The number of rotatable bonds is 1. The monoisotopic (exact) mass is 135 g/mol. The van der Waals surface area contributed by atoms with Crippen molar-refractivity contribution in [1.82, 2.24) is 5.32 Å². The van der Waals surface area contributed by atoms with E-state index in [1.165, 1.54) is 0 Å². The molecule has 0 aromatic heterocycles. The molecule has 2 unspecified atom stereocenters. The molecule has 1 N–H and O–H groups in total. The Morgan fingerprint density at radius 3 is 2.88 bits per heavy atom. The standard InChI is InChI=1S/C4H9NO2S/c1-3-2-5-4(6-3)7-8/h3-5,8H,2H2,1H3. The van der Waals surface area contributed by atoms with Gasteiger partial charge in [0, 0.05) is 6.54 Å². The normalized spacial score (nSPS) is 38.2. The van der Waals surface area contributed by atoms with Crippen molar-refractivity contribution in [2.75, 3.05) is 6.54 Å². The van der Waals surface area contributed by atoms with Gasteiger partial charge in [-0.3, -0.25) is 9.50 Å². The lowest BCUT2D eigenvalue weighted by atomic mass is 10.4. The zero-order chi connectivity index (χ0) is 5.98. The molecule has 0 spiro atoms. The van der Waals surface area contributed by atoms with E-state index in [1.54, 1.807) is 0 Å². The molecule has 48 valence electrons. The van der Waals surface area contributed by atoms with Crippen molar-refractivity contribution >= 4 is 12.9 Å². The van der Waals surface area contributed by atoms with Gasteiger partial charge in [-0.05, 0) is 19.8 Å². The van der Waals surface area contributed by atoms with Crippen LogP contribution >= 0.6 is 12.9 Å². The van der Waals surface area contributed by atoms with Crippen molar-refractivity contribution < 1.29 is 8.92 Å². The molecule has 0 aliphatic carbocycles. The summed E-state index contributed by atoms with van der Waals surface area (Å²) in [5.41, 5.74) is 0. The summed E-state index contributed by atoms with van der Waals surface area (Å²) < 4.78 is 9.64. The minimum atomic E-state index is -0.312. The lowest BCUT2D eigenvalue weighted by Gasteiger charge is -2.04. The van der Waals surface area contributed by atoms with Crippen molar-refractivity contribution in [3.63, 3.8) is 0 Å². The van der Waals surface area contributed by atoms with Gasteiger partial charge < -0.3 is 4.74 Å². The lowest BCUT2D eigenvalue weighted by molar-refractivity contribution is -0.0642. The zero-order valence-corrected chi connectivity index (χ0v) is 5.52. The predicted octanol–water partition coefficient (Wildman–Crippen LogP) is 0.140. The molecule has 0 amide bonds. The molecule has 1 aliphatic heterocycles. The Morgan fingerprint density at radius 1 is 1.88 bits per heavy atom. The van der Waals surface area contributed by atoms with Gasteiger partial charge in [-0.15, -0.1) is 0 Å². The Morgan fingerprint density at radius 2 is 2.62 bits per heavy atom. The average Bonchev–Trinajstić information content (AvgIpc) is 2.14. The molecule has 0 aromatic rings. The van der Waals surface area contributed by atoms with Crippen molar-refractivity contribution in [3.8, 4) is 0 Å². The highest BCUT2D eigenvalue weighted by molar-refractivity contribution is 7.75. The van der Waals surface area contributed by atoms with Crippen LogP contribution in [0.2, 0.25) is 0 Å². The summed E-state index contributed by atoms with van der Waals surface area (Å²) in [4.78, 5) is 0. The molecule has 0 bridgehead atoms. The minimum absolute atomic E-state index is 0.243. The Balaban J connectivity index is 2.22. The highest BCUT2D eigenvalue weighted by Crippen LogP contribution is 2.05. The molecule has 0 aromatic carbocycles. The molecule has 3 nitrogen and oxygen atoms in total. The summed E-state index contributed by atoms with van der Waals surface area (Å²) in [7, 11) is 0. The fraction of sp³-hybridized carbons (Fsp3) is 1.00. The molecule has 4 heteroatoms. The number of hydrogen-bond donors (Lipinski definition) is 2. The summed E-state index contributed by atoms with van der Waals surface area (Å²) in [5, 5.41) is 2.94. The Labute approximate surface area is 54.0 Å². The van der Waals surface area contributed by atoms with Crippen LogP contribution in [0.15, 0.2) is 0 Å². The fourth-order valence-corrected chi connectivity index (χ4v) is 0.756. The van der Waals surface area contributed by atoms with Gasteiger partial charge in [-0.2, -0.15) is 0 Å². The van der Waals surface area contributed by atoms with E-state index in [9.17, 15) is 0 Å². The van der Waals surface area contributed by atoms with Crippen LogP contribution in [-0.2, 0) is 8.92 Å². The average molecular weight is 135 g/mol. The third kappa shape index (κ3) is 1.35. The van der Waals surface area contributed by atoms with E-state index >= 15 is 0 Å². The van der Waals surface area contributed by atoms with Gasteiger partial charge in [0.05, 0.1) is 6.10 Å². The first-order chi connectivity index (χ1) is 3.83. The van der Waals surface area contributed by atoms with Crippen molar-refractivity contribution in [2.24, 2.45) is 0 Å². The van der Waals surface area contributed by atoms with Gasteiger partial charge >= 0.3 is 0 Å². The van der Waals surface area contributed by atoms with Gasteiger partial charge in [-0.25, -0.2) is 0 Å². The van der Waals surface area contributed by atoms with E-state index < -0.39 is 0 Å². The van der Waals surface area contributed by atoms with E-state index in [4.69, 9.17) is 4.74 Å². The van der Waals surface area contributed by atoms with Crippen LogP contribution < -0.4 is 5.32 Å². The molecular weight excluding hydrogens is 126 g/mol. The highest BCUT2D eigenvalue weighted by Gasteiger charge is 2.19. The molecule has 0 radical (unpaired) electrons. The smallest absolute Gasteiger partial charge is 0.228 e. The van der Waals surface area contributed by atoms with E-state index in [0.717, 1.165) is 6.54 Å². The van der Waals surface area contributed by atoms with E-state index in [-0.39, 0.29) is 12.5 Å². The number of hydrogen-bond acceptors (Lipinski definition) is 4. The third-order valence-corrected chi connectivity index (χ3v) is 1.22. The van der Waals surface area contributed by atoms with Crippen LogP contribution in [0.3, 0.4) is 0 Å². The second kappa shape index (κ2) is 2.68. The Kier molecular flexibility index (Phi) is 2.13. The molecule has 8 heavy (non-hydrogen) atoms. The summed E-state index contributed by atoms with van der Waals surface area (Å²) in [6.45, 7) is 2.81. The highest BCUT2D eigenvalue weighted by atomic mass is 32.1. The first-order valence-electron chi connectivity index (χ1n) is 2.52. The quantitative estimate of drug-likeness (QED) is 0.396. The molecule has 0 saturated carbocycles. The maximum absolute atomic E-state index is 5.10. The second-order valence-corrected chi connectivity index (χ2v) is 2.00. The molecule has 1 aliphatic rings. The fourth-order valence-electron chi connectivity index (χ4n) is 0.632. The molecule has 1 saturated heterocycles. The van der Waals surface area contributed by atoms with Gasteiger partial charge in [0.2, 0.25) is 6.41 Å².